The third-order valence-corrected chi connectivity index (χ3v) is 12.2. The van der Waals surface area contributed by atoms with Gasteiger partial charge in [-0.25, -0.2) is 15.0 Å². The van der Waals surface area contributed by atoms with Gasteiger partial charge in [0, 0.05) is 54.9 Å². The van der Waals surface area contributed by atoms with Crippen LogP contribution in [-0.4, -0.2) is 19.5 Å². The Balaban J connectivity index is 1.01. The first-order valence-electron chi connectivity index (χ1n) is 21.4. The van der Waals surface area contributed by atoms with Crippen molar-refractivity contribution in [1.82, 2.24) is 19.5 Å². The maximum absolute atomic E-state index is 5.38. The molecule has 0 aliphatic carbocycles. The molecule has 9 aromatic carbocycles. The monoisotopic (exact) mass is 802 g/mol. The molecule has 0 radical (unpaired) electrons. The fourth-order valence-electron chi connectivity index (χ4n) is 9.18. The van der Waals surface area contributed by atoms with Crippen molar-refractivity contribution in [2.75, 3.05) is 0 Å². The molecule has 3 heterocycles. The molecule has 0 spiro atoms. The van der Waals surface area contributed by atoms with Crippen molar-refractivity contribution in [3.63, 3.8) is 0 Å². The number of rotatable bonds is 7. The van der Waals surface area contributed by atoms with E-state index in [0.29, 0.717) is 5.82 Å². The second-order valence-corrected chi connectivity index (χ2v) is 16.0. The largest absolute Gasteiger partial charge is 0.309 e. The smallest absolute Gasteiger partial charge is 0.160 e. The normalized spacial score (nSPS) is 11.5. The Morgan fingerprint density at radius 2 is 0.841 bits per heavy atom. The van der Waals surface area contributed by atoms with E-state index >= 15 is 0 Å². The number of hydrogen-bond acceptors (Lipinski definition) is 3. The first-order valence-corrected chi connectivity index (χ1v) is 21.4. The van der Waals surface area contributed by atoms with Gasteiger partial charge in [-0.1, -0.05) is 182 Å². The van der Waals surface area contributed by atoms with Crippen LogP contribution in [-0.2, 0) is 0 Å². The van der Waals surface area contributed by atoms with Gasteiger partial charge in [0.15, 0.2) is 5.82 Å². The molecule has 0 saturated heterocycles. The summed E-state index contributed by atoms with van der Waals surface area (Å²) >= 11 is 0. The highest BCUT2D eigenvalue weighted by atomic mass is 15.0. The molecule has 0 aliphatic rings. The summed E-state index contributed by atoms with van der Waals surface area (Å²) in [6.45, 7) is 0. The molecule has 0 N–H and O–H groups in total. The minimum Gasteiger partial charge on any atom is -0.309 e. The van der Waals surface area contributed by atoms with Crippen LogP contribution in [0.2, 0.25) is 0 Å². The highest BCUT2D eigenvalue weighted by molar-refractivity contribution is 6.29. The fourth-order valence-corrected chi connectivity index (χ4v) is 9.18. The van der Waals surface area contributed by atoms with E-state index in [-0.39, 0.29) is 0 Å². The number of hydrogen-bond donors (Lipinski definition) is 0. The molecule has 0 unspecified atom stereocenters. The van der Waals surface area contributed by atoms with Crippen LogP contribution in [0.3, 0.4) is 0 Å². The van der Waals surface area contributed by atoms with Crippen LogP contribution in [0.15, 0.2) is 231 Å². The van der Waals surface area contributed by atoms with Crippen molar-refractivity contribution in [2.45, 2.75) is 0 Å². The van der Waals surface area contributed by atoms with Gasteiger partial charge in [0.25, 0.3) is 0 Å². The Morgan fingerprint density at radius 1 is 0.286 bits per heavy atom. The average Bonchev–Trinajstić information content (AvgIpc) is 3.71. The van der Waals surface area contributed by atoms with Crippen molar-refractivity contribution in [2.24, 2.45) is 0 Å². The van der Waals surface area contributed by atoms with Crippen LogP contribution in [0.5, 0.6) is 0 Å². The number of benzene rings is 9. The first-order chi connectivity index (χ1) is 31.2. The predicted octanol–water partition coefficient (Wildman–Crippen LogP) is 15.3. The van der Waals surface area contributed by atoms with Gasteiger partial charge in [-0.2, -0.15) is 0 Å². The maximum atomic E-state index is 5.38. The molecule has 12 rings (SSSR count). The van der Waals surface area contributed by atoms with Gasteiger partial charge in [0.2, 0.25) is 0 Å². The van der Waals surface area contributed by atoms with Gasteiger partial charge in [-0.15, -0.1) is 0 Å². The molecular weight excluding hydrogens is 765 g/mol. The molecule has 63 heavy (non-hydrogen) atoms. The van der Waals surface area contributed by atoms with Crippen molar-refractivity contribution >= 4 is 43.5 Å². The van der Waals surface area contributed by atoms with Gasteiger partial charge in [-0.05, 0) is 70.8 Å². The number of para-hydroxylation sites is 2. The van der Waals surface area contributed by atoms with E-state index in [1.807, 2.05) is 24.3 Å². The SMILES string of the molecule is c1ccc(-c2cccc(-c3cc(-c4ccc(-c5ccc6nc(-c7ccccc7)c7ccc8c(c9ccccc9n8-c8ccccc8)c7c6c5)cc4)nc(-c4ccccc4)n3)c2)cc1. The zero-order valence-electron chi connectivity index (χ0n) is 34.2. The zero-order chi connectivity index (χ0) is 41.7. The topological polar surface area (TPSA) is 43.6 Å². The number of fused-ring (bicyclic) bond motifs is 7. The lowest BCUT2D eigenvalue weighted by atomic mass is 9.94. The number of pyridine rings is 1. The minimum absolute atomic E-state index is 0.695. The molecule has 0 amide bonds. The van der Waals surface area contributed by atoms with Gasteiger partial charge >= 0.3 is 0 Å². The Morgan fingerprint density at radius 3 is 1.59 bits per heavy atom. The highest BCUT2D eigenvalue weighted by Crippen LogP contribution is 2.43. The molecule has 0 bridgehead atoms. The molecule has 0 atom stereocenters. The second-order valence-electron chi connectivity index (χ2n) is 16.0. The molecule has 12 aromatic rings. The van der Waals surface area contributed by atoms with Crippen molar-refractivity contribution in [3.8, 4) is 73.1 Å². The Bertz CT molecular complexity index is 3640. The quantitative estimate of drug-likeness (QED) is 0.151. The summed E-state index contributed by atoms with van der Waals surface area (Å²) in [5.74, 6) is 0.695. The minimum atomic E-state index is 0.695. The van der Waals surface area contributed by atoms with E-state index in [9.17, 15) is 0 Å². The van der Waals surface area contributed by atoms with Crippen LogP contribution in [0.1, 0.15) is 0 Å². The molecule has 4 nitrogen and oxygen atoms in total. The molecule has 0 aliphatic heterocycles. The van der Waals surface area contributed by atoms with Crippen molar-refractivity contribution in [1.29, 1.82) is 0 Å². The third-order valence-electron chi connectivity index (χ3n) is 12.2. The van der Waals surface area contributed by atoms with E-state index in [4.69, 9.17) is 15.0 Å². The van der Waals surface area contributed by atoms with E-state index in [2.05, 4.69) is 211 Å². The lowest BCUT2D eigenvalue weighted by Gasteiger charge is -2.14. The molecule has 3 aromatic heterocycles. The summed E-state index contributed by atoms with van der Waals surface area (Å²) in [5, 5.41) is 5.91. The predicted molar refractivity (Wildman–Crippen MR) is 262 cm³/mol. The summed E-state index contributed by atoms with van der Waals surface area (Å²) < 4.78 is 2.39. The molecule has 294 valence electrons. The Hall–Kier alpha value is -8.47. The summed E-state index contributed by atoms with van der Waals surface area (Å²) in [7, 11) is 0. The van der Waals surface area contributed by atoms with E-state index in [1.165, 1.54) is 32.8 Å². The van der Waals surface area contributed by atoms with Crippen molar-refractivity contribution in [3.05, 3.63) is 231 Å². The van der Waals surface area contributed by atoms with Gasteiger partial charge in [0.05, 0.1) is 33.6 Å². The standard InChI is InChI=1S/C59H38N4/c1-5-16-39(17-6-1)44-22-15-23-46(36-44)53-38-52(61-59(62-53)43-20-9-3-10-21-43)41-30-28-40(29-31-41)45-32-34-51-50(37-45)56-49(58(60-51)42-18-7-2-8-19-42)33-35-55-57(56)48-26-13-14-27-54(48)63(55)47-24-11-4-12-25-47/h1-38H. The van der Waals surface area contributed by atoms with Crippen LogP contribution >= 0.6 is 0 Å². The van der Waals surface area contributed by atoms with Crippen LogP contribution < -0.4 is 0 Å². The third kappa shape index (κ3) is 6.44. The molecule has 4 heteroatoms. The highest BCUT2D eigenvalue weighted by Gasteiger charge is 2.20. The number of aromatic nitrogens is 4. The average molecular weight is 803 g/mol. The van der Waals surface area contributed by atoms with Crippen LogP contribution in [0, 0.1) is 0 Å². The molecule has 0 fully saturated rings. The maximum Gasteiger partial charge on any atom is 0.160 e. The Labute approximate surface area is 365 Å². The molecular formula is C59H38N4. The van der Waals surface area contributed by atoms with E-state index in [1.54, 1.807) is 0 Å². The second kappa shape index (κ2) is 15.2. The zero-order valence-corrected chi connectivity index (χ0v) is 34.2. The molecule has 0 saturated carbocycles. The van der Waals surface area contributed by atoms with E-state index < -0.39 is 0 Å². The number of nitrogens with zero attached hydrogens (tertiary/aromatic N) is 4. The lowest BCUT2D eigenvalue weighted by Crippen LogP contribution is -1.96. The van der Waals surface area contributed by atoms with E-state index in [0.717, 1.165) is 78.0 Å². The van der Waals surface area contributed by atoms with Gasteiger partial charge in [0.1, 0.15) is 0 Å². The van der Waals surface area contributed by atoms with Gasteiger partial charge < -0.3 is 4.57 Å². The lowest BCUT2D eigenvalue weighted by molar-refractivity contribution is 1.18. The van der Waals surface area contributed by atoms with Gasteiger partial charge in [-0.3, -0.25) is 0 Å². The fraction of sp³-hybridized carbons (Fsp3) is 0. The Kier molecular flexibility index (Phi) is 8.79. The van der Waals surface area contributed by atoms with Crippen LogP contribution in [0.4, 0.5) is 0 Å². The summed E-state index contributed by atoms with van der Waals surface area (Å²) in [6.07, 6.45) is 0. The summed E-state index contributed by atoms with van der Waals surface area (Å²) in [4.78, 5) is 15.6. The first kappa shape index (κ1) is 36.4. The van der Waals surface area contributed by atoms with Crippen molar-refractivity contribution < 1.29 is 0 Å². The summed E-state index contributed by atoms with van der Waals surface area (Å²) in [6, 6.07) is 81.5. The summed E-state index contributed by atoms with van der Waals surface area (Å²) in [5.41, 5.74) is 15.9. The van der Waals surface area contributed by atoms with Crippen LogP contribution in [0.25, 0.3) is 117 Å².